The Morgan fingerprint density at radius 2 is 2.06 bits per heavy atom. The minimum Gasteiger partial charge on any atom is -0.475 e. The van der Waals surface area contributed by atoms with Gasteiger partial charge in [0.1, 0.15) is 0 Å². The number of carboxylic acid groups (broad SMARTS) is 1. The van der Waals surface area contributed by atoms with Crippen LogP contribution in [0.15, 0.2) is 34.9 Å². The summed E-state index contributed by atoms with van der Waals surface area (Å²) in [5.41, 5.74) is 0.777. The van der Waals surface area contributed by atoms with Crippen LogP contribution in [0.5, 0.6) is 0 Å². The third kappa shape index (κ3) is 2.48. The van der Waals surface area contributed by atoms with Crippen molar-refractivity contribution in [3.8, 4) is 0 Å². The summed E-state index contributed by atoms with van der Waals surface area (Å²) in [6.45, 7) is 0.142. The van der Waals surface area contributed by atoms with E-state index in [0.29, 0.717) is 11.3 Å². The van der Waals surface area contributed by atoms with Crippen molar-refractivity contribution in [2.45, 2.75) is 6.54 Å². The second-order valence-corrected chi connectivity index (χ2v) is 3.56. The Bertz CT molecular complexity index is 580. The standard InChI is InChI=1S/C12H9F2NO3/c13-9-2-1-8(5-10(9)14)15-6-7-3-4-18-11(7)12(16)17/h1-5,15H,6H2,(H,16,17). The highest BCUT2D eigenvalue weighted by molar-refractivity contribution is 5.86. The number of aromatic carboxylic acids is 1. The fraction of sp³-hybridized carbons (Fsp3) is 0.0833. The summed E-state index contributed by atoms with van der Waals surface area (Å²) in [5, 5.41) is 11.6. The summed E-state index contributed by atoms with van der Waals surface area (Å²) in [6, 6.07) is 4.84. The zero-order valence-electron chi connectivity index (χ0n) is 9.11. The largest absolute Gasteiger partial charge is 0.475 e. The second-order valence-electron chi connectivity index (χ2n) is 3.56. The van der Waals surface area contributed by atoms with Crippen molar-refractivity contribution in [2.75, 3.05) is 5.32 Å². The van der Waals surface area contributed by atoms with Crippen LogP contribution in [0.4, 0.5) is 14.5 Å². The minimum absolute atomic E-state index is 0.142. The van der Waals surface area contributed by atoms with Gasteiger partial charge in [0.2, 0.25) is 5.76 Å². The molecule has 0 aliphatic heterocycles. The number of rotatable bonds is 4. The minimum atomic E-state index is -1.18. The lowest BCUT2D eigenvalue weighted by Gasteiger charge is -2.05. The molecule has 1 aromatic carbocycles. The van der Waals surface area contributed by atoms with Crippen molar-refractivity contribution >= 4 is 11.7 Å². The number of hydrogen-bond donors (Lipinski definition) is 2. The van der Waals surface area contributed by atoms with Crippen molar-refractivity contribution in [3.63, 3.8) is 0 Å². The van der Waals surface area contributed by atoms with Gasteiger partial charge < -0.3 is 14.8 Å². The molecule has 18 heavy (non-hydrogen) atoms. The van der Waals surface area contributed by atoms with Crippen molar-refractivity contribution in [2.24, 2.45) is 0 Å². The molecule has 0 spiro atoms. The van der Waals surface area contributed by atoms with Crippen LogP contribution >= 0.6 is 0 Å². The fourth-order valence-electron chi connectivity index (χ4n) is 1.47. The van der Waals surface area contributed by atoms with Gasteiger partial charge in [-0.25, -0.2) is 13.6 Å². The molecule has 0 bridgehead atoms. The molecule has 0 fully saturated rings. The van der Waals surface area contributed by atoms with Crippen molar-refractivity contribution in [1.29, 1.82) is 0 Å². The molecule has 2 N–H and O–H groups in total. The van der Waals surface area contributed by atoms with Gasteiger partial charge in [0, 0.05) is 23.9 Å². The topological polar surface area (TPSA) is 62.5 Å². The maximum absolute atomic E-state index is 12.9. The number of nitrogens with one attached hydrogen (secondary N) is 1. The Hall–Kier alpha value is -2.37. The third-order valence-electron chi connectivity index (χ3n) is 2.34. The first kappa shape index (κ1) is 12.1. The highest BCUT2D eigenvalue weighted by atomic mass is 19.2. The summed E-state index contributed by atoms with van der Waals surface area (Å²) in [6.07, 6.45) is 1.26. The predicted molar refractivity (Wildman–Crippen MR) is 59.4 cm³/mol. The zero-order valence-corrected chi connectivity index (χ0v) is 9.11. The van der Waals surface area contributed by atoms with Gasteiger partial charge in [-0.3, -0.25) is 0 Å². The first-order chi connectivity index (χ1) is 8.58. The van der Waals surface area contributed by atoms with Gasteiger partial charge in [0.25, 0.3) is 0 Å². The fourth-order valence-corrected chi connectivity index (χ4v) is 1.47. The van der Waals surface area contributed by atoms with Gasteiger partial charge in [-0.05, 0) is 18.2 Å². The monoisotopic (exact) mass is 253 g/mol. The van der Waals surface area contributed by atoms with Gasteiger partial charge >= 0.3 is 5.97 Å². The lowest BCUT2D eigenvalue weighted by molar-refractivity contribution is 0.0661. The van der Waals surface area contributed by atoms with Crippen LogP contribution in [-0.2, 0) is 6.54 Å². The van der Waals surface area contributed by atoms with E-state index in [1.165, 1.54) is 18.4 Å². The molecule has 0 saturated heterocycles. The average molecular weight is 253 g/mol. The average Bonchev–Trinajstić information content (AvgIpc) is 2.79. The lowest BCUT2D eigenvalue weighted by atomic mass is 10.2. The van der Waals surface area contributed by atoms with Crippen molar-refractivity contribution in [1.82, 2.24) is 0 Å². The molecule has 6 heteroatoms. The molecule has 0 radical (unpaired) electrons. The van der Waals surface area contributed by atoms with E-state index >= 15 is 0 Å². The summed E-state index contributed by atoms with van der Waals surface area (Å²) >= 11 is 0. The maximum atomic E-state index is 12.9. The molecule has 0 aliphatic carbocycles. The molecule has 0 aliphatic rings. The van der Waals surface area contributed by atoms with E-state index in [9.17, 15) is 13.6 Å². The van der Waals surface area contributed by atoms with Crippen LogP contribution in [0.25, 0.3) is 0 Å². The number of benzene rings is 1. The number of carbonyl (C=O) groups is 1. The molecule has 1 aromatic heterocycles. The van der Waals surface area contributed by atoms with Gasteiger partial charge in [-0.1, -0.05) is 0 Å². The van der Waals surface area contributed by atoms with E-state index in [-0.39, 0.29) is 12.3 Å². The number of halogens is 2. The molecular formula is C12H9F2NO3. The van der Waals surface area contributed by atoms with E-state index in [1.807, 2.05) is 0 Å². The number of hydrogen-bond acceptors (Lipinski definition) is 3. The van der Waals surface area contributed by atoms with Crippen LogP contribution in [0.3, 0.4) is 0 Å². The molecule has 1 heterocycles. The summed E-state index contributed by atoms with van der Waals surface area (Å²) in [5.74, 6) is -3.26. The first-order valence-electron chi connectivity index (χ1n) is 5.06. The SMILES string of the molecule is O=C(O)c1occc1CNc1ccc(F)c(F)c1. The molecule has 0 saturated carbocycles. The van der Waals surface area contributed by atoms with Crippen LogP contribution in [-0.4, -0.2) is 11.1 Å². The van der Waals surface area contributed by atoms with E-state index in [0.717, 1.165) is 12.1 Å². The first-order valence-corrected chi connectivity index (χ1v) is 5.06. The van der Waals surface area contributed by atoms with E-state index in [2.05, 4.69) is 5.32 Å². The molecule has 2 aromatic rings. The predicted octanol–water partition coefficient (Wildman–Crippen LogP) is 2.87. The molecule has 4 nitrogen and oxygen atoms in total. The van der Waals surface area contributed by atoms with Crippen molar-refractivity contribution in [3.05, 3.63) is 53.5 Å². The quantitative estimate of drug-likeness (QED) is 0.879. The maximum Gasteiger partial charge on any atom is 0.372 e. The Labute approximate surface area is 101 Å². The molecule has 94 valence electrons. The van der Waals surface area contributed by atoms with Crippen LogP contribution in [0, 0.1) is 11.6 Å². The highest BCUT2D eigenvalue weighted by Crippen LogP contribution is 2.16. The lowest BCUT2D eigenvalue weighted by Crippen LogP contribution is -2.05. The normalized spacial score (nSPS) is 10.3. The summed E-state index contributed by atoms with van der Waals surface area (Å²) < 4.78 is 30.4. The number of carboxylic acids is 1. The number of anilines is 1. The van der Waals surface area contributed by atoms with Gasteiger partial charge in [-0.15, -0.1) is 0 Å². The Morgan fingerprint density at radius 1 is 1.28 bits per heavy atom. The van der Waals surface area contributed by atoms with E-state index in [1.54, 1.807) is 0 Å². The van der Waals surface area contributed by atoms with Crippen LogP contribution in [0.1, 0.15) is 16.1 Å². The van der Waals surface area contributed by atoms with Gasteiger partial charge in [0.15, 0.2) is 11.6 Å². The Morgan fingerprint density at radius 3 is 2.72 bits per heavy atom. The Kier molecular flexibility index (Phi) is 3.27. The van der Waals surface area contributed by atoms with Crippen LogP contribution < -0.4 is 5.32 Å². The van der Waals surface area contributed by atoms with Gasteiger partial charge in [0.05, 0.1) is 6.26 Å². The smallest absolute Gasteiger partial charge is 0.372 e. The summed E-state index contributed by atoms with van der Waals surface area (Å²) in [4.78, 5) is 10.8. The Balaban J connectivity index is 2.09. The van der Waals surface area contributed by atoms with Gasteiger partial charge in [-0.2, -0.15) is 0 Å². The zero-order chi connectivity index (χ0) is 13.1. The molecule has 2 rings (SSSR count). The summed E-state index contributed by atoms with van der Waals surface area (Å²) in [7, 11) is 0. The molecular weight excluding hydrogens is 244 g/mol. The van der Waals surface area contributed by atoms with E-state index < -0.39 is 17.6 Å². The van der Waals surface area contributed by atoms with E-state index in [4.69, 9.17) is 9.52 Å². The molecule has 0 atom stereocenters. The molecule has 0 amide bonds. The number of furan rings is 1. The third-order valence-corrected chi connectivity index (χ3v) is 2.34. The van der Waals surface area contributed by atoms with Crippen LogP contribution in [0.2, 0.25) is 0 Å². The molecule has 0 unspecified atom stereocenters. The highest BCUT2D eigenvalue weighted by Gasteiger charge is 2.13. The second kappa shape index (κ2) is 4.87. The van der Waals surface area contributed by atoms with Crippen molar-refractivity contribution < 1.29 is 23.1 Å².